The largest absolute Gasteiger partial charge is 0.468 e. The van der Waals surface area contributed by atoms with Crippen LogP contribution in [-0.2, 0) is 14.3 Å². The van der Waals surface area contributed by atoms with Crippen molar-refractivity contribution in [1.82, 2.24) is 19.9 Å². The predicted octanol–water partition coefficient (Wildman–Crippen LogP) is 9.62. The van der Waals surface area contributed by atoms with Crippen LogP contribution in [-0.4, -0.2) is 91.6 Å². The van der Waals surface area contributed by atoms with Gasteiger partial charge in [-0.2, -0.15) is 9.97 Å². The number of hydrogen-bond donors (Lipinski definition) is 0. The first-order valence-corrected chi connectivity index (χ1v) is 23.3. The highest BCUT2D eigenvalue weighted by molar-refractivity contribution is 6.90. The van der Waals surface area contributed by atoms with Crippen molar-refractivity contribution in [2.75, 3.05) is 38.5 Å². The molecule has 2 aliphatic heterocycles. The van der Waals surface area contributed by atoms with Crippen molar-refractivity contribution >= 4 is 47.9 Å². The van der Waals surface area contributed by atoms with Crippen LogP contribution < -0.4 is 14.4 Å². The Balaban J connectivity index is 1.40. The molecule has 1 saturated carbocycles. The Kier molecular flexibility index (Phi) is 11.9. The molecule has 0 spiro atoms. The number of carbonyl (C=O) groups excluding carboxylic acids is 2. The van der Waals surface area contributed by atoms with Crippen LogP contribution in [0.5, 0.6) is 11.8 Å². The normalized spacial score (nSPS) is 18.6. The molecule has 2 bridgehead atoms. The highest BCUT2D eigenvalue weighted by Crippen LogP contribution is 2.45. The van der Waals surface area contributed by atoms with Crippen LogP contribution in [0.15, 0.2) is 30.5 Å². The number of aldehydes is 1. The van der Waals surface area contributed by atoms with Crippen molar-refractivity contribution < 1.29 is 37.3 Å². The standard InChI is InChI=1S/C46H57F2N5O6Si/c1-27(2)60(28(3)4,29(5)6)18-15-34-37(47)14-11-30-19-33(58-26-56-10)20-35(38(30)34)40-39(48)41-36(21-49-40)42(51-43(50-41)57-25-46(24-54)16-17-46)52-22-31-12-13-32(23-52)53(31)44(55)59-45(7,8)9/h11,14,19-21,24,27-29,31-32H,12-13,16-17,22-23,25-26H2,1-10H3. The number of halogens is 2. The zero-order chi connectivity index (χ0) is 43.3. The molecule has 2 atom stereocenters. The zero-order valence-electron chi connectivity index (χ0n) is 36.4. The van der Waals surface area contributed by atoms with Gasteiger partial charge in [0.25, 0.3) is 0 Å². The molecule has 2 aromatic heterocycles. The minimum absolute atomic E-state index is 0.0517. The van der Waals surface area contributed by atoms with E-state index in [-0.39, 0.29) is 59.9 Å². The van der Waals surface area contributed by atoms with Gasteiger partial charge in [0, 0.05) is 37.3 Å². The summed E-state index contributed by atoms with van der Waals surface area (Å²) in [7, 11) is -0.810. The molecule has 2 saturated heterocycles. The Morgan fingerprint density at radius 1 is 1.00 bits per heavy atom. The van der Waals surface area contributed by atoms with Gasteiger partial charge in [0.05, 0.1) is 28.4 Å². The fourth-order valence-electron chi connectivity index (χ4n) is 9.40. The van der Waals surface area contributed by atoms with Gasteiger partial charge < -0.3 is 28.6 Å². The molecule has 0 radical (unpaired) electrons. The van der Waals surface area contributed by atoms with Crippen LogP contribution in [0.3, 0.4) is 0 Å². The Labute approximate surface area is 352 Å². The van der Waals surface area contributed by atoms with E-state index in [9.17, 15) is 9.59 Å². The van der Waals surface area contributed by atoms with Crippen LogP contribution >= 0.6 is 0 Å². The van der Waals surface area contributed by atoms with Crippen molar-refractivity contribution in [3.63, 3.8) is 0 Å². The number of fused-ring (bicyclic) bond motifs is 4. The second-order valence-corrected chi connectivity index (χ2v) is 24.2. The first-order valence-electron chi connectivity index (χ1n) is 21.0. The summed E-state index contributed by atoms with van der Waals surface area (Å²) < 4.78 is 56.8. The molecular formula is C46H57F2N5O6Si. The van der Waals surface area contributed by atoms with E-state index in [2.05, 4.69) is 58.0 Å². The number of rotatable bonds is 12. The maximum atomic E-state index is 17.6. The van der Waals surface area contributed by atoms with E-state index < -0.39 is 30.7 Å². The average Bonchev–Trinajstić information content (AvgIpc) is 3.92. The lowest BCUT2D eigenvalue weighted by atomic mass is 9.95. The van der Waals surface area contributed by atoms with Gasteiger partial charge in [-0.15, -0.1) is 5.54 Å². The molecule has 11 nitrogen and oxygen atoms in total. The molecule has 4 heterocycles. The smallest absolute Gasteiger partial charge is 0.410 e. The predicted molar refractivity (Wildman–Crippen MR) is 231 cm³/mol. The lowest BCUT2D eigenvalue weighted by Gasteiger charge is -2.42. The second-order valence-electron chi connectivity index (χ2n) is 18.6. The van der Waals surface area contributed by atoms with Gasteiger partial charge in [0.1, 0.15) is 55.2 Å². The number of amides is 1. The number of benzene rings is 2. The summed E-state index contributed by atoms with van der Waals surface area (Å²) in [6.45, 7) is 19.5. The SMILES string of the molecule is COCOc1cc(-c2ncc3c(N4CC5CCC(C4)N5C(=O)OC(C)(C)C)nc(OCC4(C=O)CC4)nc3c2F)c2c(C#C[Si](C(C)C)(C(C)C)C(C)C)c(F)ccc2c1. The first kappa shape index (κ1) is 43.2. The highest BCUT2D eigenvalue weighted by atomic mass is 28.3. The molecule has 320 valence electrons. The van der Waals surface area contributed by atoms with Gasteiger partial charge in [0.2, 0.25) is 0 Å². The maximum Gasteiger partial charge on any atom is 0.410 e. The van der Waals surface area contributed by atoms with E-state index in [0.29, 0.717) is 70.3 Å². The van der Waals surface area contributed by atoms with Crippen molar-refractivity contribution in [2.24, 2.45) is 5.41 Å². The number of pyridine rings is 1. The van der Waals surface area contributed by atoms with Crippen molar-refractivity contribution in [3.8, 4) is 34.5 Å². The fraction of sp³-hybridized carbons (Fsp3) is 0.543. The van der Waals surface area contributed by atoms with Crippen LogP contribution in [0.25, 0.3) is 32.9 Å². The molecule has 0 N–H and O–H groups in total. The van der Waals surface area contributed by atoms with Crippen LogP contribution in [0.2, 0.25) is 16.6 Å². The number of methoxy groups -OCH3 is 1. The summed E-state index contributed by atoms with van der Waals surface area (Å²) in [5.74, 6) is 2.80. The summed E-state index contributed by atoms with van der Waals surface area (Å²) in [5, 5.41) is 1.33. The summed E-state index contributed by atoms with van der Waals surface area (Å²) in [5.41, 5.74) is 3.60. The minimum atomic E-state index is -2.31. The van der Waals surface area contributed by atoms with E-state index in [1.165, 1.54) is 19.4 Å². The monoisotopic (exact) mass is 841 g/mol. The molecule has 7 rings (SSSR count). The lowest BCUT2D eigenvalue weighted by Crippen LogP contribution is -2.57. The molecule has 2 aromatic carbocycles. The van der Waals surface area contributed by atoms with Gasteiger partial charge in [-0.3, -0.25) is 9.88 Å². The second kappa shape index (κ2) is 16.5. The third-order valence-electron chi connectivity index (χ3n) is 12.6. The van der Waals surface area contributed by atoms with E-state index in [1.807, 2.05) is 30.6 Å². The van der Waals surface area contributed by atoms with Crippen molar-refractivity contribution in [1.29, 1.82) is 0 Å². The third-order valence-corrected chi connectivity index (χ3v) is 18.9. The number of carbonyl (C=O) groups is 2. The number of aromatic nitrogens is 3. The molecule has 3 aliphatic rings. The van der Waals surface area contributed by atoms with Crippen LogP contribution in [0.1, 0.15) is 93.6 Å². The Morgan fingerprint density at radius 2 is 1.67 bits per heavy atom. The molecule has 1 amide bonds. The van der Waals surface area contributed by atoms with Gasteiger partial charge in [-0.25, -0.2) is 13.6 Å². The zero-order valence-corrected chi connectivity index (χ0v) is 37.4. The van der Waals surface area contributed by atoms with Gasteiger partial charge in [-0.05, 0) is 86.7 Å². The molecule has 1 aliphatic carbocycles. The van der Waals surface area contributed by atoms with E-state index in [1.54, 1.807) is 18.2 Å². The highest BCUT2D eigenvalue weighted by Gasteiger charge is 2.46. The van der Waals surface area contributed by atoms with Gasteiger partial charge >= 0.3 is 12.1 Å². The molecule has 14 heteroatoms. The van der Waals surface area contributed by atoms with Crippen molar-refractivity contribution in [3.05, 3.63) is 47.7 Å². The Hall–Kier alpha value is -4.87. The first-order chi connectivity index (χ1) is 28.4. The van der Waals surface area contributed by atoms with Gasteiger partial charge in [-0.1, -0.05) is 53.5 Å². The molecule has 4 aromatic rings. The maximum absolute atomic E-state index is 17.6. The molecule has 3 fully saturated rings. The van der Waals surface area contributed by atoms with Gasteiger partial charge in [0.15, 0.2) is 12.6 Å². The molecule has 60 heavy (non-hydrogen) atoms. The summed E-state index contributed by atoms with van der Waals surface area (Å²) in [6.07, 6.45) is 4.98. The summed E-state index contributed by atoms with van der Waals surface area (Å²) >= 11 is 0. The minimum Gasteiger partial charge on any atom is -0.468 e. The number of nitrogens with zero attached hydrogens (tertiary/aromatic N) is 5. The average molecular weight is 842 g/mol. The quantitative estimate of drug-likeness (QED) is 0.0591. The number of piperazine rings is 1. The van der Waals surface area contributed by atoms with E-state index in [4.69, 9.17) is 28.9 Å². The lowest BCUT2D eigenvalue weighted by molar-refractivity contribution is -0.113. The Bertz CT molecular complexity index is 2330. The number of hydrogen-bond acceptors (Lipinski definition) is 10. The van der Waals surface area contributed by atoms with Crippen molar-refractivity contribution in [2.45, 2.75) is 122 Å². The van der Waals surface area contributed by atoms with E-state index in [0.717, 1.165) is 19.1 Å². The molecular weight excluding hydrogens is 785 g/mol. The summed E-state index contributed by atoms with van der Waals surface area (Å²) in [6, 6.07) is 6.01. The number of ether oxygens (including phenoxy) is 4. The topological polar surface area (TPSA) is 116 Å². The fourth-order valence-corrected chi connectivity index (χ4v) is 14.6. The number of anilines is 1. The van der Waals surface area contributed by atoms with Crippen LogP contribution in [0.4, 0.5) is 19.4 Å². The van der Waals surface area contributed by atoms with Crippen LogP contribution in [0, 0.1) is 28.5 Å². The summed E-state index contributed by atoms with van der Waals surface area (Å²) in [4.78, 5) is 43.2. The molecule has 2 unspecified atom stereocenters. The van der Waals surface area contributed by atoms with E-state index >= 15 is 8.78 Å². The Morgan fingerprint density at radius 3 is 2.25 bits per heavy atom. The third kappa shape index (κ3) is 8.15.